The highest BCUT2D eigenvalue weighted by Gasteiger charge is 2.55. The highest BCUT2D eigenvalue weighted by Crippen LogP contribution is 2.39. The van der Waals surface area contributed by atoms with Crippen molar-refractivity contribution in [2.45, 2.75) is 57.3 Å². The molecule has 112 valence electrons. The maximum Gasteiger partial charge on any atom is 0.264 e. The second-order valence-electron chi connectivity index (χ2n) is 5.28. The first-order valence-corrected chi connectivity index (χ1v) is 7.87. The Kier molecular flexibility index (Phi) is 3.94. The van der Waals surface area contributed by atoms with Crippen LogP contribution in [0.15, 0.2) is 0 Å². The van der Waals surface area contributed by atoms with Crippen molar-refractivity contribution in [2.24, 2.45) is 0 Å². The van der Waals surface area contributed by atoms with Gasteiger partial charge in [-0.3, -0.25) is 4.18 Å². The van der Waals surface area contributed by atoms with E-state index in [1.165, 1.54) is 7.11 Å². The predicted molar refractivity (Wildman–Crippen MR) is 64.9 cm³/mol. The molecular weight excluding hydrogens is 276 g/mol. The van der Waals surface area contributed by atoms with Crippen LogP contribution >= 0.6 is 0 Å². The van der Waals surface area contributed by atoms with Crippen LogP contribution in [0.5, 0.6) is 0 Å². The fourth-order valence-corrected chi connectivity index (χ4v) is 3.11. The normalized spacial score (nSPS) is 42.1. The molecule has 2 rings (SSSR count). The van der Waals surface area contributed by atoms with Crippen molar-refractivity contribution in [3.8, 4) is 0 Å². The van der Waals surface area contributed by atoms with Gasteiger partial charge in [-0.15, -0.1) is 0 Å². The third kappa shape index (κ3) is 3.26. The largest absolute Gasteiger partial charge is 0.353 e. The minimum absolute atomic E-state index is 0.488. The average molecular weight is 296 g/mol. The maximum absolute atomic E-state index is 11.3. The third-order valence-corrected chi connectivity index (χ3v) is 3.66. The quantitative estimate of drug-likeness (QED) is 0.690. The van der Waals surface area contributed by atoms with Crippen molar-refractivity contribution in [1.29, 1.82) is 0 Å². The molecule has 19 heavy (non-hydrogen) atoms. The van der Waals surface area contributed by atoms with Gasteiger partial charge in [-0.25, -0.2) is 0 Å². The molecule has 2 aliphatic rings. The first-order valence-electron chi connectivity index (χ1n) is 6.05. The number of ether oxygens (including phenoxy) is 4. The Hall–Kier alpha value is -0.250. The maximum atomic E-state index is 11.3. The number of methoxy groups -OCH3 is 1. The zero-order valence-electron chi connectivity index (χ0n) is 11.7. The lowest BCUT2D eigenvalue weighted by Crippen LogP contribution is -2.57. The Morgan fingerprint density at radius 2 is 1.74 bits per heavy atom. The van der Waals surface area contributed by atoms with Crippen molar-refractivity contribution in [3.63, 3.8) is 0 Å². The van der Waals surface area contributed by atoms with Crippen LogP contribution in [0.25, 0.3) is 0 Å². The predicted octanol–water partition coefficient (Wildman–Crippen LogP) is 0.243. The molecule has 0 unspecified atom stereocenters. The van der Waals surface area contributed by atoms with Gasteiger partial charge in [-0.05, 0) is 20.8 Å². The molecule has 0 N–H and O–H groups in total. The topological polar surface area (TPSA) is 80.3 Å². The molecule has 2 heterocycles. The lowest BCUT2D eigenvalue weighted by molar-refractivity contribution is -0.258. The molecule has 0 spiro atoms. The summed E-state index contributed by atoms with van der Waals surface area (Å²) >= 11 is 0. The molecule has 0 aromatic carbocycles. The molecule has 5 atom stereocenters. The Bertz CT molecular complexity index is 432. The van der Waals surface area contributed by atoms with Crippen LogP contribution in [0, 0.1) is 0 Å². The molecule has 0 radical (unpaired) electrons. The van der Waals surface area contributed by atoms with Crippen molar-refractivity contribution in [2.75, 3.05) is 13.4 Å². The molecule has 0 aliphatic carbocycles. The van der Waals surface area contributed by atoms with Crippen molar-refractivity contribution in [3.05, 3.63) is 0 Å². The standard InChI is InChI=1S/C11H20O7S/c1-6-7(18-19(5,12)13)8-9(10(14-4)15-6)17-11(2,3)16-8/h6-10H,1-5H3/t6-,7-,8+,9+,10+/m0/s1. The van der Waals surface area contributed by atoms with Gasteiger partial charge in [0.15, 0.2) is 12.1 Å². The summed E-state index contributed by atoms with van der Waals surface area (Å²) in [4.78, 5) is 0. The van der Waals surface area contributed by atoms with Crippen LogP contribution in [-0.2, 0) is 33.2 Å². The van der Waals surface area contributed by atoms with Gasteiger partial charge in [0.1, 0.15) is 18.3 Å². The van der Waals surface area contributed by atoms with Crippen LogP contribution in [-0.4, -0.2) is 58.3 Å². The summed E-state index contributed by atoms with van der Waals surface area (Å²) in [6, 6.07) is 0. The van der Waals surface area contributed by atoms with E-state index in [9.17, 15) is 8.42 Å². The van der Waals surface area contributed by atoms with Gasteiger partial charge in [0, 0.05) is 7.11 Å². The first-order chi connectivity index (χ1) is 8.63. The molecule has 8 heteroatoms. The Morgan fingerprint density at radius 1 is 1.16 bits per heavy atom. The molecule has 0 aromatic rings. The summed E-state index contributed by atoms with van der Waals surface area (Å²) in [5.41, 5.74) is 0. The minimum Gasteiger partial charge on any atom is -0.353 e. The van der Waals surface area contributed by atoms with Crippen LogP contribution in [0.3, 0.4) is 0 Å². The zero-order chi connectivity index (χ0) is 14.4. The lowest BCUT2D eigenvalue weighted by Gasteiger charge is -2.39. The molecule has 0 saturated carbocycles. The number of hydrogen-bond donors (Lipinski definition) is 0. The number of fused-ring (bicyclic) bond motifs is 1. The van der Waals surface area contributed by atoms with E-state index in [0.717, 1.165) is 6.26 Å². The lowest BCUT2D eigenvalue weighted by atomic mass is 10.0. The van der Waals surface area contributed by atoms with E-state index in [-0.39, 0.29) is 0 Å². The summed E-state index contributed by atoms with van der Waals surface area (Å²) in [5.74, 6) is -0.835. The summed E-state index contributed by atoms with van der Waals surface area (Å²) in [5, 5.41) is 0. The monoisotopic (exact) mass is 296 g/mol. The van der Waals surface area contributed by atoms with Crippen LogP contribution in [0.2, 0.25) is 0 Å². The average Bonchev–Trinajstić information content (AvgIpc) is 2.56. The van der Waals surface area contributed by atoms with Crippen LogP contribution in [0.4, 0.5) is 0 Å². The third-order valence-electron chi connectivity index (χ3n) is 3.09. The van der Waals surface area contributed by atoms with E-state index >= 15 is 0 Å². The SMILES string of the molecule is CO[C@@H]1O[C@@H](C)[C@H](OS(C)(=O)=O)[C@H]2OC(C)(C)O[C@@H]12. The molecule has 0 aromatic heterocycles. The minimum atomic E-state index is -3.61. The number of rotatable bonds is 3. The Balaban J connectivity index is 2.25. The van der Waals surface area contributed by atoms with Gasteiger partial charge in [0.2, 0.25) is 0 Å². The van der Waals surface area contributed by atoms with Crippen molar-refractivity contribution in [1.82, 2.24) is 0 Å². The van der Waals surface area contributed by atoms with Crippen molar-refractivity contribution >= 4 is 10.1 Å². The van der Waals surface area contributed by atoms with Crippen molar-refractivity contribution < 1.29 is 31.5 Å². The van der Waals surface area contributed by atoms with Gasteiger partial charge in [0.25, 0.3) is 10.1 Å². The molecule has 2 fully saturated rings. The van der Waals surface area contributed by atoms with E-state index in [4.69, 9.17) is 23.1 Å². The summed E-state index contributed by atoms with van der Waals surface area (Å²) in [6.07, 6.45) is -1.94. The Labute approximate surface area is 113 Å². The molecule has 0 amide bonds. The smallest absolute Gasteiger partial charge is 0.264 e. The van der Waals surface area contributed by atoms with Gasteiger partial charge < -0.3 is 18.9 Å². The van der Waals surface area contributed by atoms with E-state index in [0.29, 0.717) is 0 Å². The number of hydrogen-bond acceptors (Lipinski definition) is 7. The van der Waals surface area contributed by atoms with Gasteiger partial charge in [-0.1, -0.05) is 0 Å². The van der Waals surface area contributed by atoms with Crippen LogP contribution in [0.1, 0.15) is 20.8 Å². The Morgan fingerprint density at radius 3 is 2.26 bits per heavy atom. The molecule has 2 saturated heterocycles. The van der Waals surface area contributed by atoms with E-state index in [2.05, 4.69) is 0 Å². The first kappa shape index (κ1) is 15.1. The summed E-state index contributed by atoms with van der Waals surface area (Å²) in [6.45, 7) is 5.22. The highest BCUT2D eigenvalue weighted by atomic mass is 32.2. The van der Waals surface area contributed by atoms with Gasteiger partial charge >= 0.3 is 0 Å². The van der Waals surface area contributed by atoms with Crippen LogP contribution < -0.4 is 0 Å². The van der Waals surface area contributed by atoms with E-state index in [1.807, 2.05) is 0 Å². The zero-order valence-corrected chi connectivity index (χ0v) is 12.5. The molecule has 0 bridgehead atoms. The fraction of sp³-hybridized carbons (Fsp3) is 1.00. The second kappa shape index (κ2) is 4.94. The van der Waals surface area contributed by atoms with E-state index in [1.54, 1.807) is 20.8 Å². The second-order valence-corrected chi connectivity index (χ2v) is 6.88. The highest BCUT2D eigenvalue weighted by molar-refractivity contribution is 7.86. The van der Waals surface area contributed by atoms with E-state index < -0.39 is 46.6 Å². The molecule has 7 nitrogen and oxygen atoms in total. The van der Waals surface area contributed by atoms with Gasteiger partial charge in [-0.2, -0.15) is 8.42 Å². The fourth-order valence-electron chi connectivity index (χ4n) is 2.44. The summed E-state index contributed by atoms with van der Waals surface area (Å²) < 4.78 is 50.0. The molecular formula is C11H20O7S. The summed E-state index contributed by atoms with van der Waals surface area (Å²) in [7, 11) is -2.11. The van der Waals surface area contributed by atoms with Gasteiger partial charge in [0.05, 0.1) is 12.4 Å². The molecule has 2 aliphatic heterocycles.